The van der Waals surface area contributed by atoms with E-state index < -0.39 is 0 Å². The Kier molecular flexibility index (Phi) is 3.79. The van der Waals surface area contributed by atoms with Gasteiger partial charge in [-0.15, -0.1) is 0 Å². The van der Waals surface area contributed by atoms with Crippen LogP contribution in [-0.2, 0) is 4.74 Å². The fourth-order valence-electron chi connectivity index (χ4n) is 3.13. The molecule has 0 spiro atoms. The van der Waals surface area contributed by atoms with Crippen molar-refractivity contribution in [1.29, 1.82) is 5.41 Å². The number of amidine groups is 1. The molecular formula is C17H26N2O2. The van der Waals surface area contributed by atoms with Gasteiger partial charge in [0.25, 0.3) is 0 Å². The molecule has 0 bridgehead atoms. The molecule has 1 aliphatic rings. The van der Waals surface area contributed by atoms with Crippen LogP contribution in [0.1, 0.15) is 50.8 Å². The number of benzene rings is 1. The molecule has 1 atom stereocenters. The van der Waals surface area contributed by atoms with Gasteiger partial charge in [0.2, 0.25) is 0 Å². The van der Waals surface area contributed by atoms with Crippen LogP contribution in [0.25, 0.3) is 0 Å². The lowest BCUT2D eigenvalue weighted by Gasteiger charge is -2.28. The number of nitrogen functional groups attached to an aromatic ring is 1. The summed E-state index contributed by atoms with van der Waals surface area (Å²) in [6.45, 7) is 12.3. The van der Waals surface area contributed by atoms with E-state index in [1.54, 1.807) is 0 Å². The minimum Gasteiger partial charge on any atom is -0.487 e. The third kappa shape index (κ3) is 3.21. The van der Waals surface area contributed by atoms with Crippen molar-refractivity contribution in [1.82, 2.24) is 0 Å². The lowest BCUT2D eigenvalue weighted by molar-refractivity contribution is -0.0847. The van der Waals surface area contributed by atoms with Crippen LogP contribution in [0, 0.1) is 19.3 Å². The highest BCUT2D eigenvalue weighted by Crippen LogP contribution is 2.40. The number of nitrogens with one attached hydrogen (secondary N) is 1. The Morgan fingerprint density at radius 2 is 1.76 bits per heavy atom. The van der Waals surface area contributed by atoms with Crippen molar-refractivity contribution < 1.29 is 9.47 Å². The van der Waals surface area contributed by atoms with E-state index in [1.165, 1.54) is 0 Å². The highest BCUT2D eigenvalue weighted by atomic mass is 16.6. The van der Waals surface area contributed by atoms with Gasteiger partial charge in [0.15, 0.2) is 0 Å². The Morgan fingerprint density at radius 3 is 2.14 bits per heavy atom. The fourth-order valence-corrected chi connectivity index (χ4v) is 3.13. The number of rotatable bonds is 3. The van der Waals surface area contributed by atoms with Gasteiger partial charge in [-0.2, -0.15) is 0 Å². The summed E-state index contributed by atoms with van der Waals surface area (Å²) in [5, 5.41) is 7.56. The number of ether oxygens (including phenoxy) is 2. The van der Waals surface area contributed by atoms with Crippen molar-refractivity contribution >= 4 is 5.84 Å². The fraction of sp³-hybridized carbons (Fsp3) is 0.588. The number of aryl methyl sites for hydroxylation is 2. The van der Waals surface area contributed by atoms with E-state index in [4.69, 9.17) is 20.6 Å². The van der Waals surface area contributed by atoms with Crippen molar-refractivity contribution in [3.05, 3.63) is 28.8 Å². The van der Waals surface area contributed by atoms with Crippen LogP contribution in [0.4, 0.5) is 0 Å². The Morgan fingerprint density at radius 1 is 1.24 bits per heavy atom. The summed E-state index contributed by atoms with van der Waals surface area (Å²) in [7, 11) is 0. The van der Waals surface area contributed by atoms with Gasteiger partial charge in [0.05, 0.1) is 5.60 Å². The highest BCUT2D eigenvalue weighted by Gasteiger charge is 2.47. The van der Waals surface area contributed by atoms with Gasteiger partial charge < -0.3 is 15.2 Å². The molecule has 0 amide bonds. The Labute approximate surface area is 127 Å². The molecule has 4 heteroatoms. The zero-order valence-corrected chi connectivity index (χ0v) is 13.8. The summed E-state index contributed by atoms with van der Waals surface area (Å²) in [6, 6.07) is 3.80. The third-order valence-corrected chi connectivity index (χ3v) is 4.02. The Balaban J connectivity index is 2.30. The summed E-state index contributed by atoms with van der Waals surface area (Å²) in [5.74, 6) is 0.956. The SMILES string of the molecule is Cc1cc(C(=N)N)cc(C)c1OC1CC(C)(C)OC1(C)C. The van der Waals surface area contributed by atoms with Gasteiger partial charge in [-0.25, -0.2) is 0 Å². The number of hydrogen-bond donors (Lipinski definition) is 2. The highest BCUT2D eigenvalue weighted by molar-refractivity contribution is 5.95. The smallest absolute Gasteiger partial charge is 0.130 e. The largest absolute Gasteiger partial charge is 0.487 e. The van der Waals surface area contributed by atoms with Crippen LogP contribution in [0.15, 0.2) is 12.1 Å². The molecular weight excluding hydrogens is 264 g/mol. The van der Waals surface area contributed by atoms with E-state index >= 15 is 0 Å². The Bertz CT molecular complexity index is 553. The summed E-state index contributed by atoms with van der Waals surface area (Å²) >= 11 is 0. The van der Waals surface area contributed by atoms with Crippen molar-refractivity contribution in [2.75, 3.05) is 0 Å². The second-order valence-corrected chi connectivity index (χ2v) is 7.13. The van der Waals surface area contributed by atoms with E-state index in [2.05, 4.69) is 27.7 Å². The van der Waals surface area contributed by atoms with Crippen LogP contribution >= 0.6 is 0 Å². The molecule has 1 unspecified atom stereocenters. The summed E-state index contributed by atoms with van der Waals surface area (Å²) in [5.41, 5.74) is 7.81. The molecule has 1 aromatic rings. The summed E-state index contributed by atoms with van der Waals surface area (Å²) in [4.78, 5) is 0. The second kappa shape index (κ2) is 5.02. The molecule has 0 saturated carbocycles. The number of hydrogen-bond acceptors (Lipinski definition) is 3. The molecule has 1 aromatic carbocycles. The molecule has 3 N–H and O–H groups in total. The van der Waals surface area contributed by atoms with E-state index in [0.717, 1.165) is 28.9 Å². The molecule has 0 aliphatic carbocycles. The summed E-state index contributed by atoms with van der Waals surface area (Å²) < 4.78 is 12.4. The molecule has 21 heavy (non-hydrogen) atoms. The van der Waals surface area contributed by atoms with Crippen molar-refractivity contribution in [3.8, 4) is 5.75 Å². The van der Waals surface area contributed by atoms with Gasteiger partial charge >= 0.3 is 0 Å². The van der Waals surface area contributed by atoms with Crippen LogP contribution in [0.5, 0.6) is 5.75 Å². The quantitative estimate of drug-likeness (QED) is 0.663. The molecule has 116 valence electrons. The topological polar surface area (TPSA) is 68.3 Å². The molecule has 4 nitrogen and oxygen atoms in total. The molecule has 1 heterocycles. The molecule has 1 fully saturated rings. The third-order valence-electron chi connectivity index (χ3n) is 4.02. The zero-order valence-electron chi connectivity index (χ0n) is 13.8. The monoisotopic (exact) mass is 290 g/mol. The first-order valence-electron chi connectivity index (χ1n) is 7.34. The first-order chi connectivity index (χ1) is 9.52. The lowest BCUT2D eigenvalue weighted by atomic mass is 9.96. The predicted molar refractivity (Wildman–Crippen MR) is 85.2 cm³/mol. The van der Waals surface area contributed by atoms with Gasteiger partial charge in [-0.1, -0.05) is 0 Å². The van der Waals surface area contributed by atoms with Crippen molar-refractivity contribution in [2.24, 2.45) is 5.73 Å². The van der Waals surface area contributed by atoms with E-state index in [0.29, 0.717) is 0 Å². The number of nitrogens with two attached hydrogens (primary N) is 1. The second-order valence-electron chi connectivity index (χ2n) is 7.13. The minimum absolute atomic E-state index is 0.00748. The van der Waals surface area contributed by atoms with Gasteiger partial charge in [-0.05, 0) is 64.8 Å². The van der Waals surface area contributed by atoms with Gasteiger partial charge in [0.1, 0.15) is 23.3 Å². The maximum Gasteiger partial charge on any atom is 0.130 e. The van der Waals surface area contributed by atoms with Crippen LogP contribution in [0.3, 0.4) is 0 Å². The molecule has 2 rings (SSSR count). The minimum atomic E-state index is -0.318. The molecule has 0 aromatic heterocycles. The first-order valence-corrected chi connectivity index (χ1v) is 7.34. The van der Waals surface area contributed by atoms with Crippen LogP contribution in [0.2, 0.25) is 0 Å². The van der Waals surface area contributed by atoms with Crippen LogP contribution < -0.4 is 10.5 Å². The van der Waals surface area contributed by atoms with Crippen molar-refractivity contribution in [2.45, 2.75) is 65.3 Å². The average molecular weight is 290 g/mol. The average Bonchev–Trinajstić information content (AvgIpc) is 2.50. The molecule has 1 aliphatic heterocycles. The molecule has 1 saturated heterocycles. The van der Waals surface area contributed by atoms with Crippen LogP contribution in [-0.4, -0.2) is 23.1 Å². The first kappa shape index (κ1) is 15.8. The van der Waals surface area contributed by atoms with Crippen molar-refractivity contribution in [3.63, 3.8) is 0 Å². The standard InChI is InChI=1S/C17H26N2O2/c1-10-7-12(15(18)19)8-11(2)14(10)20-13-9-16(3,4)21-17(13,5)6/h7-8,13H,9H2,1-6H3,(H3,18,19). The maximum absolute atomic E-state index is 7.56. The summed E-state index contributed by atoms with van der Waals surface area (Å²) in [6.07, 6.45) is 0.862. The lowest BCUT2D eigenvalue weighted by Crippen LogP contribution is -2.37. The van der Waals surface area contributed by atoms with Gasteiger partial charge in [-0.3, -0.25) is 5.41 Å². The van der Waals surface area contributed by atoms with E-state index in [-0.39, 0.29) is 23.1 Å². The molecule has 0 radical (unpaired) electrons. The normalized spacial score (nSPS) is 23.0. The zero-order chi connectivity index (χ0) is 16.0. The van der Waals surface area contributed by atoms with Gasteiger partial charge in [0, 0.05) is 12.0 Å². The van der Waals surface area contributed by atoms with E-state index in [9.17, 15) is 0 Å². The predicted octanol–water partition coefficient (Wildman–Crippen LogP) is 3.31. The maximum atomic E-state index is 7.56. The van der Waals surface area contributed by atoms with E-state index in [1.807, 2.05) is 26.0 Å². The Hall–Kier alpha value is -1.55.